The lowest BCUT2D eigenvalue weighted by molar-refractivity contribution is 0.141. The molecule has 0 heterocycles. The third-order valence-electron chi connectivity index (χ3n) is 4.12. The van der Waals surface area contributed by atoms with Gasteiger partial charge in [0, 0.05) is 18.2 Å². The van der Waals surface area contributed by atoms with E-state index < -0.39 is 11.6 Å². The zero-order valence-electron chi connectivity index (χ0n) is 11.4. The Morgan fingerprint density at radius 1 is 1.26 bits per heavy atom. The highest BCUT2D eigenvalue weighted by Gasteiger charge is 2.30. The minimum absolute atomic E-state index is 0.124. The molecule has 0 saturated heterocycles. The largest absolute Gasteiger partial charge is 0.329 e. The van der Waals surface area contributed by atoms with E-state index in [9.17, 15) is 8.78 Å². The first-order valence-electron chi connectivity index (χ1n) is 7.08. The molecule has 0 bridgehead atoms. The molecule has 2 nitrogen and oxygen atoms in total. The molecule has 1 unspecified atom stereocenters. The summed E-state index contributed by atoms with van der Waals surface area (Å²) in [5.74, 6) is -0.987. The Balaban J connectivity index is 2.31. The van der Waals surface area contributed by atoms with Crippen LogP contribution in [0, 0.1) is 11.6 Å². The van der Waals surface area contributed by atoms with Crippen molar-refractivity contribution in [1.82, 2.24) is 4.90 Å². The van der Waals surface area contributed by atoms with Crippen molar-refractivity contribution in [3.63, 3.8) is 0 Å². The molecule has 4 heteroatoms. The van der Waals surface area contributed by atoms with Crippen LogP contribution in [0.5, 0.6) is 0 Å². The maximum Gasteiger partial charge on any atom is 0.130 e. The molecule has 1 aliphatic carbocycles. The topological polar surface area (TPSA) is 29.3 Å². The summed E-state index contributed by atoms with van der Waals surface area (Å²) >= 11 is 0. The first-order chi connectivity index (χ1) is 9.19. The summed E-state index contributed by atoms with van der Waals surface area (Å²) in [6.07, 6.45) is 4.58. The van der Waals surface area contributed by atoms with E-state index in [1.165, 1.54) is 31.0 Å². The molecule has 0 aliphatic heterocycles. The molecule has 1 saturated carbocycles. The van der Waals surface area contributed by atoms with Crippen molar-refractivity contribution in [2.45, 2.75) is 44.7 Å². The Labute approximate surface area is 113 Å². The number of hydrogen-bond donors (Lipinski definition) is 1. The number of rotatable bonds is 5. The minimum Gasteiger partial charge on any atom is -0.329 e. The van der Waals surface area contributed by atoms with Crippen LogP contribution in [0.3, 0.4) is 0 Å². The molecule has 19 heavy (non-hydrogen) atoms. The van der Waals surface area contributed by atoms with Gasteiger partial charge in [-0.15, -0.1) is 0 Å². The summed E-state index contributed by atoms with van der Waals surface area (Å²) in [5, 5.41) is 0. The summed E-state index contributed by atoms with van der Waals surface area (Å²) in [5.41, 5.74) is 5.94. The zero-order chi connectivity index (χ0) is 13.8. The van der Waals surface area contributed by atoms with Crippen molar-refractivity contribution in [3.8, 4) is 0 Å². The summed E-state index contributed by atoms with van der Waals surface area (Å²) in [4.78, 5) is 2.16. The van der Waals surface area contributed by atoms with Gasteiger partial charge in [0.25, 0.3) is 0 Å². The second-order valence-corrected chi connectivity index (χ2v) is 5.16. The lowest BCUT2D eigenvalue weighted by Gasteiger charge is -2.35. The molecular formula is C15H22F2N2. The Morgan fingerprint density at radius 3 is 2.32 bits per heavy atom. The highest BCUT2D eigenvalue weighted by atomic mass is 19.1. The fourth-order valence-corrected chi connectivity index (χ4v) is 3.22. The van der Waals surface area contributed by atoms with Crippen molar-refractivity contribution in [2.75, 3.05) is 13.1 Å². The normalized spacial score (nSPS) is 18.2. The van der Waals surface area contributed by atoms with Crippen molar-refractivity contribution < 1.29 is 8.78 Å². The van der Waals surface area contributed by atoms with Crippen LogP contribution in [0.15, 0.2) is 18.2 Å². The molecule has 0 radical (unpaired) electrons. The van der Waals surface area contributed by atoms with Crippen LogP contribution in [0.4, 0.5) is 8.78 Å². The maximum atomic E-state index is 13.9. The SMILES string of the molecule is CCN(C1CCCC1)C(CN)c1c(F)cccc1F. The van der Waals surface area contributed by atoms with Gasteiger partial charge in [-0.05, 0) is 31.5 Å². The first kappa shape index (κ1) is 14.4. The number of nitrogens with two attached hydrogens (primary N) is 1. The standard InChI is InChI=1S/C15H22F2N2/c1-2-19(11-6-3-4-7-11)14(10-18)15-12(16)8-5-9-13(15)17/h5,8-9,11,14H,2-4,6-7,10,18H2,1H3. The van der Waals surface area contributed by atoms with Crippen LogP contribution >= 0.6 is 0 Å². The van der Waals surface area contributed by atoms with Crippen molar-refractivity contribution >= 4 is 0 Å². The van der Waals surface area contributed by atoms with Gasteiger partial charge >= 0.3 is 0 Å². The third-order valence-corrected chi connectivity index (χ3v) is 4.12. The van der Waals surface area contributed by atoms with E-state index in [4.69, 9.17) is 5.73 Å². The molecule has 1 aliphatic rings. The Morgan fingerprint density at radius 2 is 1.84 bits per heavy atom. The molecule has 2 rings (SSSR count). The van der Waals surface area contributed by atoms with Gasteiger partial charge in [0.1, 0.15) is 11.6 Å². The highest BCUT2D eigenvalue weighted by Crippen LogP contribution is 2.32. The predicted octanol–water partition coefficient (Wildman–Crippen LogP) is 3.23. The van der Waals surface area contributed by atoms with Crippen molar-refractivity contribution in [2.24, 2.45) is 5.73 Å². The van der Waals surface area contributed by atoms with Crippen LogP contribution in [0.25, 0.3) is 0 Å². The molecule has 1 atom stereocenters. The van der Waals surface area contributed by atoms with E-state index in [0.717, 1.165) is 19.4 Å². The average Bonchev–Trinajstić information content (AvgIpc) is 2.91. The second-order valence-electron chi connectivity index (χ2n) is 5.16. The van der Waals surface area contributed by atoms with Crippen molar-refractivity contribution in [1.29, 1.82) is 0 Å². The molecule has 1 fully saturated rings. The van der Waals surface area contributed by atoms with Crippen LogP contribution in [0.1, 0.15) is 44.2 Å². The van der Waals surface area contributed by atoms with E-state index in [1.54, 1.807) is 0 Å². The second kappa shape index (κ2) is 6.44. The van der Waals surface area contributed by atoms with Crippen LogP contribution in [0.2, 0.25) is 0 Å². The van der Waals surface area contributed by atoms with Crippen molar-refractivity contribution in [3.05, 3.63) is 35.4 Å². The fraction of sp³-hybridized carbons (Fsp3) is 0.600. The zero-order valence-corrected chi connectivity index (χ0v) is 11.4. The van der Waals surface area contributed by atoms with Gasteiger partial charge in [0.2, 0.25) is 0 Å². The van der Waals surface area contributed by atoms with Gasteiger partial charge in [-0.25, -0.2) is 8.78 Å². The molecule has 1 aromatic rings. The van der Waals surface area contributed by atoms with Crippen LogP contribution in [-0.2, 0) is 0 Å². The number of halogens is 2. The van der Waals surface area contributed by atoms with E-state index in [2.05, 4.69) is 4.90 Å². The van der Waals surface area contributed by atoms with E-state index in [-0.39, 0.29) is 18.2 Å². The number of benzene rings is 1. The van der Waals surface area contributed by atoms with Gasteiger partial charge in [0.15, 0.2) is 0 Å². The minimum atomic E-state index is -0.494. The molecule has 1 aromatic carbocycles. The number of nitrogens with zero attached hydrogens (tertiary/aromatic N) is 1. The van der Waals surface area contributed by atoms with Crippen LogP contribution < -0.4 is 5.73 Å². The van der Waals surface area contributed by atoms with E-state index in [1.807, 2.05) is 6.92 Å². The first-order valence-corrected chi connectivity index (χ1v) is 7.08. The summed E-state index contributed by atoms with van der Waals surface area (Å²) in [7, 11) is 0. The Kier molecular flexibility index (Phi) is 4.88. The van der Waals surface area contributed by atoms with Gasteiger partial charge < -0.3 is 5.73 Å². The number of hydrogen-bond acceptors (Lipinski definition) is 2. The molecule has 0 spiro atoms. The molecule has 0 aromatic heterocycles. The maximum absolute atomic E-state index is 13.9. The quantitative estimate of drug-likeness (QED) is 0.888. The Bertz CT molecular complexity index is 396. The van der Waals surface area contributed by atoms with Gasteiger partial charge in [-0.1, -0.05) is 25.8 Å². The van der Waals surface area contributed by atoms with Gasteiger partial charge in [-0.2, -0.15) is 0 Å². The van der Waals surface area contributed by atoms with E-state index in [0.29, 0.717) is 6.04 Å². The van der Waals surface area contributed by atoms with Crippen LogP contribution in [-0.4, -0.2) is 24.0 Å². The fourth-order valence-electron chi connectivity index (χ4n) is 3.22. The summed E-state index contributed by atoms with van der Waals surface area (Å²) in [6.45, 7) is 3.03. The summed E-state index contributed by atoms with van der Waals surface area (Å²) in [6, 6.07) is 4.05. The molecule has 106 valence electrons. The monoisotopic (exact) mass is 268 g/mol. The number of likely N-dealkylation sites (N-methyl/N-ethyl adjacent to an activating group) is 1. The highest BCUT2D eigenvalue weighted by molar-refractivity contribution is 5.24. The molecular weight excluding hydrogens is 246 g/mol. The average molecular weight is 268 g/mol. The lowest BCUT2D eigenvalue weighted by Crippen LogP contribution is -2.41. The third kappa shape index (κ3) is 2.95. The van der Waals surface area contributed by atoms with Gasteiger partial charge in [0.05, 0.1) is 6.04 Å². The van der Waals surface area contributed by atoms with Gasteiger partial charge in [-0.3, -0.25) is 4.90 Å². The predicted molar refractivity (Wildman–Crippen MR) is 72.8 cm³/mol. The Hall–Kier alpha value is -1.00. The van der Waals surface area contributed by atoms with E-state index >= 15 is 0 Å². The molecule has 2 N–H and O–H groups in total. The lowest BCUT2D eigenvalue weighted by atomic mass is 10.0. The summed E-state index contributed by atoms with van der Waals surface area (Å²) < 4.78 is 27.9. The molecule has 0 amide bonds. The smallest absolute Gasteiger partial charge is 0.130 e.